The van der Waals surface area contributed by atoms with Crippen molar-refractivity contribution >= 4 is 11.8 Å². The number of anilines is 2. The van der Waals surface area contributed by atoms with Crippen LogP contribution in [0.1, 0.15) is 56.1 Å². The van der Waals surface area contributed by atoms with Gasteiger partial charge >= 0.3 is 6.36 Å². The number of alkyl halides is 3. The van der Waals surface area contributed by atoms with Gasteiger partial charge in [0.1, 0.15) is 23.2 Å². The molecule has 11 heteroatoms. The summed E-state index contributed by atoms with van der Waals surface area (Å²) in [5, 5.41) is 20.3. The van der Waals surface area contributed by atoms with Crippen molar-refractivity contribution in [2.45, 2.75) is 69.9 Å². The molecule has 5 fully saturated rings. The lowest BCUT2D eigenvalue weighted by molar-refractivity contribution is -0.274. The van der Waals surface area contributed by atoms with E-state index in [1.807, 2.05) is 0 Å². The van der Waals surface area contributed by atoms with E-state index in [2.05, 4.69) is 48.7 Å². The Balaban J connectivity index is 1.10. The van der Waals surface area contributed by atoms with Crippen molar-refractivity contribution in [2.75, 3.05) is 37.3 Å². The molecule has 4 aliphatic carbocycles. The quantitative estimate of drug-likeness (QED) is 0.382. The van der Waals surface area contributed by atoms with Crippen LogP contribution < -0.4 is 20.7 Å². The SMILES string of the molecule is CN1CCC(N[C@@H]2[C@@H]3CC4C[C@H]2C[C@@](CNc2nc(NCc5ccccc5OC(F)(F)F)ncc2C#N)(C4)C3)CC1. The van der Waals surface area contributed by atoms with Gasteiger partial charge in [0, 0.05) is 30.7 Å². The van der Waals surface area contributed by atoms with Crippen LogP contribution in [0.15, 0.2) is 30.5 Å². The van der Waals surface area contributed by atoms with Gasteiger partial charge in [-0.3, -0.25) is 0 Å². The molecule has 41 heavy (non-hydrogen) atoms. The highest BCUT2D eigenvalue weighted by Gasteiger charge is 2.55. The highest BCUT2D eigenvalue weighted by atomic mass is 19.4. The minimum Gasteiger partial charge on any atom is -0.405 e. The zero-order valence-electron chi connectivity index (χ0n) is 23.4. The van der Waals surface area contributed by atoms with Crippen molar-refractivity contribution in [1.82, 2.24) is 20.2 Å². The van der Waals surface area contributed by atoms with Gasteiger partial charge in [-0.25, -0.2) is 4.98 Å². The molecule has 3 N–H and O–H groups in total. The summed E-state index contributed by atoms with van der Waals surface area (Å²) < 4.78 is 42.6. The van der Waals surface area contributed by atoms with Crippen molar-refractivity contribution in [3.63, 3.8) is 0 Å². The van der Waals surface area contributed by atoms with Crippen molar-refractivity contribution in [1.29, 1.82) is 5.26 Å². The molecule has 5 atom stereocenters. The standard InChI is InChI=1S/C30H38F3N7O/c1-40-8-6-24(7-9-40)38-26-21-10-19-11-22(26)14-29(12-19,13-21)18-37-27-23(15-34)17-36-28(39-27)35-16-20-4-2-3-5-25(20)41-30(31,32)33/h2-5,17,19,21-22,24,26,38H,6-14,16,18H2,1H3,(H2,35,36,37,39)/t19?,21-,22+,26-,29-. The second-order valence-corrected chi connectivity index (χ2v) is 12.7. The number of hydrogen-bond acceptors (Lipinski definition) is 8. The molecule has 220 valence electrons. The lowest BCUT2D eigenvalue weighted by Gasteiger charge is -2.61. The van der Waals surface area contributed by atoms with Gasteiger partial charge in [-0.1, -0.05) is 18.2 Å². The third kappa shape index (κ3) is 6.38. The Bertz CT molecular complexity index is 1260. The molecule has 8 nitrogen and oxygen atoms in total. The number of nitrogens with one attached hydrogen (secondary N) is 3. The number of benzene rings is 1. The third-order valence-corrected chi connectivity index (χ3v) is 9.72. The second-order valence-electron chi connectivity index (χ2n) is 12.7. The summed E-state index contributed by atoms with van der Waals surface area (Å²) in [7, 11) is 2.21. The number of halogens is 3. The summed E-state index contributed by atoms with van der Waals surface area (Å²) in [5.74, 6) is 2.58. The maximum Gasteiger partial charge on any atom is 0.573 e. The summed E-state index contributed by atoms with van der Waals surface area (Å²) in [5.41, 5.74) is 0.868. The van der Waals surface area contributed by atoms with E-state index in [4.69, 9.17) is 0 Å². The number of likely N-dealkylation sites (tertiary alicyclic amines) is 1. The first-order valence-corrected chi connectivity index (χ1v) is 14.7. The number of para-hydroxylation sites is 1. The first kappa shape index (κ1) is 28.0. The maximum atomic E-state index is 12.8. The normalized spacial score (nSPS) is 29.7. The van der Waals surface area contributed by atoms with Crippen LogP contribution in [0.4, 0.5) is 24.9 Å². The minimum absolute atomic E-state index is 0.0399. The van der Waals surface area contributed by atoms with Crippen LogP contribution in [-0.4, -0.2) is 60.0 Å². The predicted octanol–water partition coefficient (Wildman–Crippen LogP) is 5.15. The molecule has 0 radical (unpaired) electrons. The fourth-order valence-corrected chi connectivity index (χ4v) is 8.13. The van der Waals surface area contributed by atoms with Crippen molar-refractivity contribution < 1.29 is 17.9 Å². The van der Waals surface area contributed by atoms with Crippen molar-refractivity contribution in [2.24, 2.45) is 23.2 Å². The van der Waals surface area contributed by atoms with E-state index in [0.717, 1.165) is 12.5 Å². The van der Waals surface area contributed by atoms with Gasteiger partial charge in [0.15, 0.2) is 0 Å². The maximum absolute atomic E-state index is 12.8. The summed E-state index contributed by atoms with van der Waals surface area (Å²) >= 11 is 0. The third-order valence-electron chi connectivity index (χ3n) is 9.72. The average Bonchev–Trinajstić information content (AvgIpc) is 2.93. The van der Waals surface area contributed by atoms with E-state index >= 15 is 0 Å². The molecule has 0 spiro atoms. The average molecular weight is 570 g/mol. The van der Waals surface area contributed by atoms with Crippen LogP contribution >= 0.6 is 0 Å². The van der Waals surface area contributed by atoms with E-state index in [1.54, 1.807) is 12.1 Å². The van der Waals surface area contributed by atoms with E-state index < -0.39 is 6.36 Å². The zero-order chi connectivity index (χ0) is 28.6. The Morgan fingerprint density at radius 2 is 1.83 bits per heavy atom. The number of piperidine rings is 1. The molecule has 1 aliphatic heterocycles. The monoisotopic (exact) mass is 569 g/mol. The fraction of sp³-hybridized carbons (Fsp3) is 0.633. The molecular formula is C30H38F3N7O. The lowest BCUT2D eigenvalue weighted by Crippen LogP contribution is -2.61. The Labute approximate surface area is 239 Å². The fourth-order valence-electron chi connectivity index (χ4n) is 8.13. The molecular weight excluding hydrogens is 531 g/mol. The Morgan fingerprint density at radius 1 is 1.10 bits per heavy atom. The molecule has 1 unspecified atom stereocenters. The number of hydrogen-bond donors (Lipinski definition) is 3. The summed E-state index contributed by atoms with van der Waals surface area (Å²) in [4.78, 5) is 11.2. The van der Waals surface area contributed by atoms with Crippen molar-refractivity contribution in [3.8, 4) is 11.8 Å². The first-order valence-electron chi connectivity index (χ1n) is 14.7. The second kappa shape index (κ2) is 11.3. The highest BCUT2D eigenvalue weighted by Crippen LogP contribution is 2.60. The van der Waals surface area contributed by atoms with Crippen LogP contribution in [-0.2, 0) is 6.54 Å². The first-order chi connectivity index (χ1) is 19.7. The molecule has 0 amide bonds. The molecule has 1 aromatic heterocycles. The number of ether oxygens (including phenoxy) is 1. The molecule has 7 rings (SSSR count). The van der Waals surface area contributed by atoms with E-state index in [9.17, 15) is 18.4 Å². The Kier molecular flexibility index (Phi) is 7.72. The largest absolute Gasteiger partial charge is 0.573 e. The predicted molar refractivity (Wildman–Crippen MR) is 149 cm³/mol. The Hall–Kier alpha value is -3.10. The Morgan fingerprint density at radius 3 is 2.54 bits per heavy atom. The number of rotatable bonds is 9. The molecule has 5 aliphatic rings. The van der Waals surface area contributed by atoms with Gasteiger partial charge in [-0.15, -0.1) is 13.2 Å². The lowest BCUT2D eigenvalue weighted by atomic mass is 9.48. The molecule has 1 saturated heterocycles. The smallest absolute Gasteiger partial charge is 0.405 e. The minimum atomic E-state index is -4.78. The van der Waals surface area contributed by atoms with Gasteiger partial charge in [0.25, 0.3) is 0 Å². The van der Waals surface area contributed by atoms with Crippen LogP contribution in [0.25, 0.3) is 0 Å². The zero-order valence-corrected chi connectivity index (χ0v) is 23.4. The van der Waals surface area contributed by atoms with Crippen LogP contribution in [0.2, 0.25) is 0 Å². The summed E-state index contributed by atoms with van der Waals surface area (Å²) in [6.45, 7) is 3.13. The highest BCUT2D eigenvalue weighted by molar-refractivity contribution is 5.53. The van der Waals surface area contributed by atoms with Crippen LogP contribution in [0.5, 0.6) is 5.75 Å². The van der Waals surface area contributed by atoms with Gasteiger partial charge in [-0.2, -0.15) is 10.2 Å². The number of aromatic nitrogens is 2. The summed E-state index contributed by atoms with van der Waals surface area (Å²) in [6.07, 6.45) is 5.34. The van der Waals surface area contributed by atoms with Crippen LogP contribution in [0.3, 0.4) is 0 Å². The van der Waals surface area contributed by atoms with Gasteiger partial charge < -0.3 is 25.6 Å². The van der Waals surface area contributed by atoms with E-state index in [-0.39, 0.29) is 23.7 Å². The van der Waals surface area contributed by atoms with Gasteiger partial charge in [-0.05, 0) is 94.3 Å². The van der Waals surface area contributed by atoms with Crippen molar-refractivity contribution in [3.05, 3.63) is 41.6 Å². The van der Waals surface area contributed by atoms with Gasteiger partial charge in [0.05, 0.1) is 6.20 Å². The van der Waals surface area contributed by atoms with E-state index in [0.29, 0.717) is 40.9 Å². The molecule has 2 aromatic rings. The summed E-state index contributed by atoms with van der Waals surface area (Å²) in [6, 6.07) is 9.37. The molecule has 2 heterocycles. The molecule has 4 bridgehead atoms. The molecule has 4 saturated carbocycles. The van der Waals surface area contributed by atoms with Crippen LogP contribution in [0, 0.1) is 34.5 Å². The number of nitriles is 1. The number of nitrogens with zero attached hydrogens (tertiary/aromatic N) is 4. The molecule has 1 aromatic carbocycles. The topological polar surface area (TPSA) is 98.1 Å². The van der Waals surface area contributed by atoms with Gasteiger partial charge in [0.2, 0.25) is 5.95 Å². The van der Waals surface area contributed by atoms with E-state index in [1.165, 1.54) is 76.4 Å².